The van der Waals surface area contributed by atoms with Crippen molar-refractivity contribution in [2.75, 3.05) is 6.61 Å². The molecule has 0 bridgehead atoms. The predicted molar refractivity (Wildman–Crippen MR) is 68.2 cm³/mol. The summed E-state index contributed by atoms with van der Waals surface area (Å²) in [6.45, 7) is 2.66. The van der Waals surface area contributed by atoms with E-state index in [1.807, 2.05) is 0 Å². The zero-order valence-electron chi connectivity index (χ0n) is 11.2. The topological polar surface area (TPSA) is 63.6 Å². The van der Waals surface area contributed by atoms with Gasteiger partial charge in [0.05, 0.1) is 18.4 Å². The summed E-state index contributed by atoms with van der Waals surface area (Å²) in [6.07, 6.45) is 6.92. The van der Waals surface area contributed by atoms with Crippen molar-refractivity contribution in [1.29, 1.82) is 0 Å². The average molecular weight is 256 g/mol. The summed E-state index contributed by atoms with van der Waals surface area (Å²) in [5.41, 5.74) is 0. The van der Waals surface area contributed by atoms with Crippen LogP contribution in [0.3, 0.4) is 0 Å². The fourth-order valence-electron chi connectivity index (χ4n) is 2.40. The first-order valence-corrected chi connectivity index (χ1v) is 7.04. The quantitative estimate of drug-likeness (QED) is 0.562. The third kappa shape index (κ3) is 5.07. The number of aliphatic carboxylic acids is 1. The molecule has 0 radical (unpaired) electrons. The van der Waals surface area contributed by atoms with Crippen LogP contribution in [-0.2, 0) is 14.3 Å². The zero-order valence-corrected chi connectivity index (χ0v) is 11.2. The first-order chi connectivity index (χ1) is 8.65. The maximum absolute atomic E-state index is 11.7. The number of esters is 1. The third-order valence-electron chi connectivity index (χ3n) is 3.65. The Morgan fingerprint density at radius 1 is 1.06 bits per heavy atom. The molecule has 1 saturated carbocycles. The highest BCUT2D eigenvalue weighted by atomic mass is 16.5. The summed E-state index contributed by atoms with van der Waals surface area (Å²) in [4.78, 5) is 22.5. The lowest BCUT2D eigenvalue weighted by atomic mass is 9.82. The largest absolute Gasteiger partial charge is 0.481 e. The van der Waals surface area contributed by atoms with Crippen LogP contribution in [0, 0.1) is 11.8 Å². The van der Waals surface area contributed by atoms with Crippen molar-refractivity contribution >= 4 is 11.9 Å². The molecule has 0 atom stereocenters. The number of unbranched alkanes of at least 4 members (excludes halogenated alkanes) is 3. The molecule has 0 spiro atoms. The summed E-state index contributed by atoms with van der Waals surface area (Å²) < 4.78 is 5.24. The second-order valence-corrected chi connectivity index (χ2v) is 5.11. The Labute approximate surface area is 109 Å². The summed E-state index contributed by atoms with van der Waals surface area (Å²) in [6, 6.07) is 0. The highest BCUT2D eigenvalue weighted by molar-refractivity contribution is 5.74. The van der Waals surface area contributed by atoms with Crippen LogP contribution < -0.4 is 0 Å². The molecule has 0 aliphatic heterocycles. The molecular formula is C14H24O4. The number of carboxylic acids is 1. The van der Waals surface area contributed by atoms with Gasteiger partial charge >= 0.3 is 11.9 Å². The Balaban J connectivity index is 2.14. The van der Waals surface area contributed by atoms with Crippen molar-refractivity contribution in [2.45, 2.75) is 58.3 Å². The number of carbonyl (C=O) groups excluding carboxylic acids is 1. The number of hydrogen-bond acceptors (Lipinski definition) is 3. The monoisotopic (exact) mass is 256 g/mol. The van der Waals surface area contributed by atoms with Crippen molar-refractivity contribution in [3.63, 3.8) is 0 Å². The van der Waals surface area contributed by atoms with E-state index in [0.29, 0.717) is 32.3 Å². The molecule has 4 nitrogen and oxygen atoms in total. The molecule has 1 N–H and O–H groups in total. The van der Waals surface area contributed by atoms with Crippen LogP contribution in [-0.4, -0.2) is 23.7 Å². The van der Waals surface area contributed by atoms with Gasteiger partial charge in [0.25, 0.3) is 0 Å². The van der Waals surface area contributed by atoms with Gasteiger partial charge in [-0.3, -0.25) is 9.59 Å². The van der Waals surface area contributed by atoms with Crippen LogP contribution in [0.1, 0.15) is 58.3 Å². The Bertz CT molecular complexity index is 267. The molecule has 104 valence electrons. The maximum Gasteiger partial charge on any atom is 0.308 e. The van der Waals surface area contributed by atoms with Crippen molar-refractivity contribution in [2.24, 2.45) is 11.8 Å². The van der Waals surface area contributed by atoms with Crippen LogP contribution in [0.4, 0.5) is 0 Å². The number of ether oxygens (including phenoxy) is 1. The van der Waals surface area contributed by atoms with Gasteiger partial charge in [-0.15, -0.1) is 0 Å². The standard InChI is InChI=1S/C14H24O4/c1-2-3-4-5-10-18-14(17)12-8-6-11(7-9-12)13(15)16/h11-12H,2-10H2,1H3,(H,15,16). The van der Waals surface area contributed by atoms with Crippen LogP contribution >= 0.6 is 0 Å². The van der Waals surface area contributed by atoms with Gasteiger partial charge in [-0.1, -0.05) is 26.2 Å². The normalized spacial score (nSPS) is 23.6. The van der Waals surface area contributed by atoms with Crippen LogP contribution in [0.5, 0.6) is 0 Å². The van der Waals surface area contributed by atoms with E-state index in [4.69, 9.17) is 9.84 Å². The summed E-state index contributed by atoms with van der Waals surface area (Å²) in [5.74, 6) is -1.21. The molecule has 4 heteroatoms. The molecule has 0 saturated heterocycles. The minimum absolute atomic E-state index is 0.0771. The molecule has 0 aromatic heterocycles. The van der Waals surface area contributed by atoms with Gasteiger partial charge in [-0.2, -0.15) is 0 Å². The molecule has 1 aliphatic rings. The van der Waals surface area contributed by atoms with E-state index in [9.17, 15) is 9.59 Å². The van der Waals surface area contributed by atoms with E-state index in [2.05, 4.69) is 6.92 Å². The Morgan fingerprint density at radius 3 is 2.22 bits per heavy atom. The van der Waals surface area contributed by atoms with Crippen molar-refractivity contribution in [1.82, 2.24) is 0 Å². The van der Waals surface area contributed by atoms with E-state index < -0.39 is 5.97 Å². The van der Waals surface area contributed by atoms with Gasteiger partial charge in [0, 0.05) is 0 Å². The van der Waals surface area contributed by atoms with Crippen molar-refractivity contribution in [3.05, 3.63) is 0 Å². The van der Waals surface area contributed by atoms with E-state index in [-0.39, 0.29) is 17.8 Å². The average Bonchev–Trinajstić information content (AvgIpc) is 2.38. The predicted octanol–water partition coefficient (Wildman–Crippen LogP) is 3.00. The summed E-state index contributed by atoms with van der Waals surface area (Å²) in [7, 11) is 0. The van der Waals surface area contributed by atoms with E-state index in [1.54, 1.807) is 0 Å². The summed E-state index contributed by atoms with van der Waals surface area (Å²) >= 11 is 0. The highest BCUT2D eigenvalue weighted by Crippen LogP contribution is 2.29. The fraction of sp³-hybridized carbons (Fsp3) is 0.857. The summed E-state index contributed by atoms with van der Waals surface area (Å²) in [5, 5.41) is 8.87. The minimum Gasteiger partial charge on any atom is -0.481 e. The molecule has 0 aromatic carbocycles. The van der Waals surface area contributed by atoms with Crippen LogP contribution in [0.2, 0.25) is 0 Å². The molecule has 0 unspecified atom stereocenters. The van der Waals surface area contributed by atoms with Crippen LogP contribution in [0.15, 0.2) is 0 Å². The van der Waals surface area contributed by atoms with Gasteiger partial charge in [0.15, 0.2) is 0 Å². The molecule has 0 amide bonds. The molecular weight excluding hydrogens is 232 g/mol. The zero-order chi connectivity index (χ0) is 13.4. The molecule has 0 aromatic rings. The van der Waals surface area contributed by atoms with Gasteiger partial charge in [-0.05, 0) is 32.1 Å². The molecule has 1 fully saturated rings. The third-order valence-corrected chi connectivity index (χ3v) is 3.65. The SMILES string of the molecule is CCCCCCOC(=O)C1CCC(C(=O)O)CC1. The smallest absolute Gasteiger partial charge is 0.308 e. The highest BCUT2D eigenvalue weighted by Gasteiger charge is 2.30. The second-order valence-electron chi connectivity index (χ2n) is 5.11. The van der Waals surface area contributed by atoms with Crippen molar-refractivity contribution < 1.29 is 19.4 Å². The number of hydrogen-bond donors (Lipinski definition) is 1. The molecule has 1 aliphatic carbocycles. The second kappa shape index (κ2) is 8.11. The van der Waals surface area contributed by atoms with E-state index in [1.165, 1.54) is 12.8 Å². The Hall–Kier alpha value is -1.06. The number of carbonyl (C=O) groups is 2. The maximum atomic E-state index is 11.7. The molecule has 0 heterocycles. The number of rotatable bonds is 7. The first-order valence-electron chi connectivity index (χ1n) is 7.04. The van der Waals surface area contributed by atoms with Crippen LogP contribution in [0.25, 0.3) is 0 Å². The first kappa shape index (κ1) is 15.0. The number of carboxylic acid groups (broad SMARTS) is 1. The van der Waals surface area contributed by atoms with Gasteiger partial charge < -0.3 is 9.84 Å². The Morgan fingerprint density at radius 2 is 1.67 bits per heavy atom. The minimum atomic E-state index is -0.735. The molecule has 1 rings (SSSR count). The van der Waals surface area contributed by atoms with Crippen molar-refractivity contribution in [3.8, 4) is 0 Å². The lowest BCUT2D eigenvalue weighted by Gasteiger charge is -2.24. The van der Waals surface area contributed by atoms with E-state index in [0.717, 1.165) is 12.8 Å². The van der Waals surface area contributed by atoms with Gasteiger partial charge in [0.2, 0.25) is 0 Å². The lowest BCUT2D eigenvalue weighted by molar-refractivity contribution is -0.152. The lowest BCUT2D eigenvalue weighted by Crippen LogP contribution is -2.27. The Kier molecular flexibility index (Phi) is 6.76. The fourth-order valence-corrected chi connectivity index (χ4v) is 2.40. The van der Waals surface area contributed by atoms with Gasteiger partial charge in [0.1, 0.15) is 0 Å². The van der Waals surface area contributed by atoms with E-state index >= 15 is 0 Å². The molecule has 18 heavy (non-hydrogen) atoms. The van der Waals surface area contributed by atoms with Gasteiger partial charge in [-0.25, -0.2) is 0 Å².